The molecule has 0 aromatic heterocycles. The summed E-state index contributed by atoms with van der Waals surface area (Å²) >= 11 is 0. The van der Waals surface area contributed by atoms with Crippen LogP contribution in [0.5, 0.6) is 0 Å². The van der Waals surface area contributed by atoms with Crippen LogP contribution in [0.15, 0.2) is 0 Å². The highest BCUT2D eigenvalue weighted by molar-refractivity contribution is 7.86. The molecule has 0 bridgehead atoms. The highest BCUT2D eigenvalue weighted by Crippen LogP contribution is 2.28. The van der Waals surface area contributed by atoms with Crippen molar-refractivity contribution in [1.29, 1.82) is 0 Å². The minimum absolute atomic E-state index is 0.0449. The third kappa shape index (κ3) is 2.76. The van der Waals surface area contributed by atoms with Gasteiger partial charge < -0.3 is 10.2 Å². The van der Waals surface area contributed by atoms with Crippen LogP contribution in [0.1, 0.15) is 32.6 Å². The Hall–Kier alpha value is -0.700. The second-order valence-corrected chi connectivity index (χ2v) is 7.11. The largest absolute Gasteiger partial charge is 0.480 e. The van der Waals surface area contributed by atoms with E-state index in [0.717, 1.165) is 23.6 Å². The molecule has 0 aromatic rings. The number of nitrogens with zero attached hydrogens (tertiary/aromatic N) is 2. The number of rotatable bonds is 3. The lowest BCUT2D eigenvalue weighted by atomic mass is 10.1. The van der Waals surface area contributed by atoms with Gasteiger partial charge in [-0.05, 0) is 19.8 Å². The summed E-state index contributed by atoms with van der Waals surface area (Å²) in [6.45, 7) is 2.12. The number of aliphatic hydroxyl groups excluding tert-OH is 1. The van der Waals surface area contributed by atoms with Gasteiger partial charge in [-0.15, -0.1) is 0 Å². The minimum atomic E-state index is -3.81. The van der Waals surface area contributed by atoms with Crippen molar-refractivity contribution >= 4 is 16.2 Å². The zero-order chi connectivity index (χ0) is 14.2. The monoisotopic (exact) mass is 292 g/mol. The molecule has 0 aliphatic carbocycles. The SMILES string of the molecule is CC1CCCCN1S(=O)(=O)N1CC(O)C[C@H]1C(=O)O. The van der Waals surface area contributed by atoms with Crippen LogP contribution < -0.4 is 0 Å². The quantitative estimate of drug-likeness (QED) is 0.739. The Morgan fingerprint density at radius 1 is 1.26 bits per heavy atom. The molecule has 2 rings (SSSR count). The maximum atomic E-state index is 12.5. The standard InChI is InChI=1S/C11H20N2O5S/c1-8-4-2-3-5-12(8)19(17,18)13-7-9(14)6-10(13)11(15)16/h8-10,14H,2-7H2,1H3,(H,15,16)/t8?,9?,10-/m0/s1. The van der Waals surface area contributed by atoms with Gasteiger partial charge in [0.15, 0.2) is 0 Å². The summed E-state index contributed by atoms with van der Waals surface area (Å²) in [5.74, 6) is -1.20. The van der Waals surface area contributed by atoms with Gasteiger partial charge in [0.05, 0.1) is 6.10 Å². The van der Waals surface area contributed by atoms with E-state index in [0.29, 0.717) is 6.54 Å². The first-order chi connectivity index (χ1) is 8.84. The van der Waals surface area contributed by atoms with Gasteiger partial charge in [-0.2, -0.15) is 17.0 Å². The van der Waals surface area contributed by atoms with Gasteiger partial charge in [-0.25, -0.2) is 0 Å². The Balaban J connectivity index is 2.25. The molecule has 2 N–H and O–H groups in total. The van der Waals surface area contributed by atoms with E-state index in [9.17, 15) is 18.3 Å². The maximum absolute atomic E-state index is 12.5. The Kier molecular flexibility index (Phi) is 4.14. The van der Waals surface area contributed by atoms with Crippen LogP contribution >= 0.6 is 0 Å². The van der Waals surface area contributed by atoms with Crippen LogP contribution in [0.4, 0.5) is 0 Å². The summed E-state index contributed by atoms with van der Waals surface area (Å²) in [4.78, 5) is 11.1. The normalized spacial score (nSPS) is 34.5. The highest BCUT2D eigenvalue weighted by Gasteiger charge is 2.46. The predicted octanol–water partition coefficient (Wildman–Crippen LogP) is -0.375. The molecule has 8 heteroatoms. The molecule has 0 aromatic carbocycles. The number of aliphatic carboxylic acids is 1. The first kappa shape index (κ1) is 14.7. The van der Waals surface area contributed by atoms with Gasteiger partial charge in [-0.3, -0.25) is 4.79 Å². The lowest BCUT2D eigenvalue weighted by Crippen LogP contribution is -2.52. The maximum Gasteiger partial charge on any atom is 0.322 e. The molecule has 2 fully saturated rings. The topological polar surface area (TPSA) is 98.2 Å². The summed E-state index contributed by atoms with van der Waals surface area (Å²) in [5, 5.41) is 18.7. The van der Waals surface area contributed by atoms with Crippen LogP contribution in [0.3, 0.4) is 0 Å². The van der Waals surface area contributed by atoms with Gasteiger partial charge in [0.1, 0.15) is 6.04 Å². The van der Waals surface area contributed by atoms with E-state index in [1.54, 1.807) is 0 Å². The van der Waals surface area contributed by atoms with Crippen molar-refractivity contribution in [1.82, 2.24) is 8.61 Å². The molecule has 2 unspecified atom stereocenters. The first-order valence-electron chi connectivity index (χ1n) is 6.53. The molecule has 0 saturated carbocycles. The van der Waals surface area contributed by atoms with Gasteiger partial charge >= 0.3 is 5.97 Å². The molecular weight excluding hydrogens is 272 g/mol. The molecule has 0 radical (unpaired) electrons. The Bertz CT molecular complexity index is 452. The summed E-state index contributed by atoms with van der Waals surface area (Å²) in [5.41, 5.74) is 0. The third-order valence-electron chi connectivity index (χ3n) is 3.85. The average molecular weight is 292 g/mol. The molecule has 2 aliphatic rings. The highest BCUT2D eigenvalue weighted by atomic mass is 32.2. The van der Waals surface area contributed by atoms with Crippen LogP contribution in [0.25, 0.3) is 0 Å². The van der Waals surface area contributed by atoms with Crippen molar-refractivity contribution in [2.75, 3.05) is 13.1 Å². The smallest absolute Gasteiger partial charge is 0.322 e. The fourth-order valence-corrected chi connectivity index (χ4v) is 4.86. The minimum Gasteiger partial charge on any atom is -0.480 e. The fraction of sp³-hybridized carbons (Fsp3) is 0.909. The van der Waals surface area contributed by atoms with Gasteiger partial charge in [0, 0.05) is 25.6 Å². The van der Waals surface area contributed by atoms with E-state index in [4.69, 9.17) is 5.11 Å². The number of piperidine rings is 1. The van der Waals surface area contributed by atoms with Crippen molar-refractivity contribution in [3.05, 3.63) is 0 Å². The molecule has 2 heterocycles. The zero-order valence-corrected chi connectivity index (χ0v) is 11.7. The zero-order valence-electron chi connectivity index (χ0n) is 10.9. The number of aliphatic hydroxyl groups is 1. The second-order valence-electron chi connectivity index (χ2n) is 5.28. The number of carboxylic acid groups (broad SMARTS) is 1. The number of β-amino-alcohol motifs (C(OH)–C–C–N with tert-alkyl or cyclic N) is 1. The van der Waals surface area contributed by atoms with Crippen LogP contribution in [0.2, 0.25) is 0 Å². The van der Waals surface area contributed by atoms with Crippen LogP contribution in [0, 0.1) is 0 Å². The van der Waals surface area contributed by atoms with Crippen LogP contribution in [-0.4, -0.2) is 64.5 Å². The molecule has 2 aliphatic heterocycles. The number of hydrogen-bond donors (Lipinski definition) is 2. The third-order valence-corrected chi connectivity index (χ3v) is 5.98. The van der Waals surface area contributed by atoms with Crippen molar-refractivity contribution < 1.29 is 23.4 Å². The predicted molar refractivity (Wildman–Crippen MR) is 67.7 cm³/mol. The van der Waals surface area contributed by atoms with E-state index in [1.165, 1.54) is 4.31 Å². The number of carboxylic acids is 1. The van der Waals surface area contributed by atoms with Crippen molar-refractivity contribution in [3.63, 3.8) is 0 Å². The molecule has 7 nitrogen and oxygen atoms in total. The lowest BCUT2D eigenvalue weighted by Gasteiger charge is -2.36. The van der Waals surface area contributed by atoms with E-state index in [1.807, 2.05) is 6.92 Å². The first-order valence-corrected chi connectivity index (χ1v) is 7.93. The Morgan fingerprint density at radius 2 is 1.95 bits per heavy atom. The summed E-state index contributed by atoms with van der Waals surface area (Å²) < 4.78 is 27.4. The summed E-state index contributed by atoms with van der Waals surface area (Å²) in [7, 11) is -3.81. The van der Waals surface area contributed by atoms with Crippen molar-refractivity contribution in [2.24, 2.45) is 0 Å². The Morgan fingerprint density at radius 3 is 2.53 bits per heavy atom. The Labute approximate surface area is 113 Å². The average Bonchev–Trinajstić information content (AvgIpc) is 2.72. The fourth-order valence-electron chi connectivity index (χ4n) is 2.81. The molecular formula is C11H20N2O5S. The van der Waals surface area contributed by atoms with E-state index < -0.39 is 28.3 Å². The van der Waals surface area contributed by atoms with E-state index in [-0.39, 0.29) is 19.0 Å². The van der Waals surface area contributed by atoms with Crippen molar-refractivity contribution in [3.8, 4) is 0 Å². The molecule has 19 heavy (non-hydrogen) atoms. The molecule has 0 amide bonds. The van der Waals surface area contributed by atoms with Gasteiger partial charge in [0.25, 0.3) is 10.2 Å². The van der Waals surface area contributed by atoms with E-state index >= 15 is 0 Å². The molecule has 0 spiro atoms. The number of carbonyl (C=O) groups is 1. The lowest BCUT2D eigenvalue weighted by molar-refractivity contribution is -0.140. The summed E-state index contributed by atoms with van der Waals surface area (Å²) in [6.07, 6.45) is 1.61. The van der Waals surface area contributed by atoms with Crippen molar-refractivity contribution in [2.45, 2.75) is 50.8 Å². The number of hydrogen-bond acceptors (Lipinski definition) is 4. The van der Waals surface area contributed by atoms with Gasteiger partial charge in [-0.1, -0.05) is 6.42 Å². The molecule has 110 valence electrons. The molecule has 3 atom stereocenters. The van der Waals surface area contributed by atoms with Gasteiger partial charge in [0.2, 0.25) is 0 Å². The van der Waals surface area contributed by atoms with E-state index in [2.05, 4.69) is 0 Å². The summed E-state index contributed by atoms with van der Waals surface area (Å²) in [6, 6.07) is -1.28. The molecule has 2 saturated heterocycles. The van der Waals surface area contributed by atoms with Crippen LogP contribution in [-0.2, 0) is 15.0 Å². The second kappa shape index (κ2) is 5.35.